The second-order valence-corrected chi connectivity index (χ2v) is 8.69. The Balaban J connectivity index is 1.27. The first-order valence-corrected chi connectivity index (χ1v) is 10.9. The van der Waals surface area contributed by atoms with Crippen LogP contribution in [0.2, 0.25) is 0 Å². The summed E-state index contributed by atoms with van der Waals surface area (Å²) in [6, 6.07) is 0.631. The molecule has 4 rings (SSSR count). The summed E-state index contributed by atoms with van der Waals surface area (Å²) in [6.07, 6.45) is 6.76. The zero-order valence-corrected chi connectivity index (χ0v) is 17.5. The highest BCUT2D eigenvalue weighted by atomic mass is 16.5. The van der Waals surface area contributed by atoms with Gasteiger partial charge in [-0.1, -0.05) is 0 Å². The van der Waals surface area contributed by atoms with E-state index in [0.717, 1.165) is 64.3 Å². The highest BCUT2D eigenvalue weighted by Crippen LogP contribution is 2.26. The monoisotopic (exact) mass is 389 g/mol. The van der Waals surface area contributed by atoms with E-state index in [-0.39, 0.29) is 5.92 Å². The van der Waals surface area contributed by atoms with Crippen molar-refractivity contribution in [1.82, 2.24) is 24.5 Å². The van der Waals surface area contributed by atoms with E-state index in [1.165, 1.54) is 18.4 Å². The zero-order valence-electron chi connectivity index (χ0n) is 17.5. The molecule has 0 aromatic carbocycles. The number of rotatable bonds is 4. The highest BCUT2D eigenvalue weighted by Gasteiger charge is 2.34. The van der Waals surface area contributed by atoms with Gasteiger partial charge < -0.3 is 9.64 Å². The third-order valence-corrected chi connectivity index (χ3v) is 6.71. The number of hydrogen-bond acceptors (Lipinski definition) is 5. The van der Waals surface area contributed by atoms with Gasteiger partial charge in [0, 0.05) is 51.0 Å². The molecule has 28 heavy (non-hydrogen) atoms. The Bertz CT molecular complexity index is 662. The van der Waals surface area contributed by atoms with Crippen LogP contribution in [-0.4, -0.2) is 88.9 Å². The molecule has 3 aliphatic rings. The van der Waals surface area contributed by atoms with E-state index in [2.05, 4.69) is 28.0 Å². The van der Waals surface area contributed by atoms with E-state index in [9.17, 15) is 4.79 Å². The molecule has 7 nitrogen and oxygen atoms in total. The van der Waals surface area contributed by atoms with Crippen molar-refractivity contribution in [3.05, 3.63) is 17.5 Å². The lowest BCUT2D eigenvalue weighted by atomic mass is 9.92. The first kappa shape index (κ1) is 19.9. The fraction of sp³-hybridized carbons (Fsp3) is 0.810. The van der Waals surface area contributed by atoms with Gasteiger partial charge in [-0.3, -0.25) is 19.3 Å². The fourth-order valence-electron chi connectivity index (χ4n) is 5.07. The minimum absolute atomic E-state index is 0.183. The number of amides is 1. The molecule has 4 heterocycles. The molecule has 1 amide bonds. The molecule has 0 saturated carbocycles. The molecule has 1 unspecified atom stereocenters. The Labute approximate surface area is 168 Å². The van der Waals surface area contributed by atoms with Crippen molar-refractivity contribution in [1.29, 1.82) is 0 Å². The van der Waals surface area contributed by atoms with Crippen molar-refractivity contribution in [2.75, 3.05) is 52.5 Å². The van der Waals surface area contributed by atoms with Gasteiger partial charge in [0.1, 0.15) is 0 Å². The Hall–Kier alpha value is -1.44. The fourth-order valence-corrected chi connectivity index (χ4v) is 5.07. The quantitative estimate of drug-likeness (QED) is 0.776. The summed E-state index contributed by atoms with van der Waals surface area (Å²) >= 11 is 0. The van der Waals surface area contributed by atoms with Crippen molar-refractivity contribution in [2.24, 2.45) is 13.0 Å². The summed E-state index contributed by atoms with van der Waals surface area (Å²) < 4.78 is 7.31. The van der Waals surface area contributed by atoms with E-state index in [0.29, 0.717) is 25.2 Å². The molecule has 1 aromatic heterocycles. The van der Waals surface area contributed by atoms with E-state index >= 15 is 0 Å². The summed E-state index contributed by atoms with van der Waals surface area (Å²) in [7, 11) is 1.99. The van der Waals surface area contributed by atoms with E-state index < -0.39 is 0 Å². The second-order valence-electron chi connectivity index (χ2n) is 8.69. The normalized spacial score (nSPS) is 25.9. The maximum atomic E-state index is 12.9. The SMILES string of the molecule is Cc1nn(C)cc1CN1CCC(N2CCCC(C(=O)N3CCOCC3)C2)CC1. The van der Waals surface area contributed by atoms with Crippen LogP contribution in [0.3, 0.4) is 0 Å². The number of morpholine rings is 1. The summed E-state index contributed by atoms with van der Waals surface area (Å²) in [6.45, 7) is 10.4. The Morgan fingerprint density at radius 3 is 2.57 bits per heavy atom. The average Bonchev–Trinajstić information content (AvgIpc) is 3.05. The van der Waals surface area contributed by atoms with E-state index in [4.69, 9.17) is 4.74 Å². The smallest absolute Gasteiger partial charge is 0.227 e. The van der Waals surface area contributed by atoms with E-state index in [1.54, 1.807) is 0 Å². The number of likely N-dealkylation sites (tertiary alicyclic amines) is 2. The van der Waals surface area contributed by atoms with Gasteiger partial charge in [0.25, 0.3) is 0 Å². The lowest BCUT2D eigenvalue weighted by Crippen LogP contribution is -2.52. The molecule has 0 spiro atoms. The molecule has 1 aromatic rings. The van der Waals surface area contributed by atoms with Crippen LogP contribution in [-0.2, 0) is 23.1 Å². The molecule has 0 aliphatic carbocycles. The lowest BCUT2D eigenvalue weighted by Gasteiger charge is -2.43. The topological polar surface area (TPSA) is 53.8 Å². The molecule has 156 valence electrons. The number of aromatic nitrogens is 2. The second kappa shape index (κ2) is 8.93. The molecule has 1 atom stereocenters. The number of carbonyl (C=O) groups excluding carboxylic acids is 1. The Morgan fingerprint density at radius 2 is 1.89 bits per heavy atom. The van der Waals surface area contributed by atoms with Gasteiger partial charge in [0.2, 0.25) is 5.91 Å². The molecular weight excluding hydrogens is 354 g/mol. The minimum atomic E-state index is 0.183. The number of carbonyl (C=O) groups is 1. The van der Waals surface area contributed by atoms with Gasteiger partial charge in [-0.15, -0.1) is 0 Å². The van der Waals surface area contributed by atoms with Crippen LogP contribution in [0.5, 0.6) is 0 Å². The van der Waals surface area contributed by atoms with Gasteiger partial charge in [0.05, 0.1) is 24.8 Å². The Morgan fingerprint density at radius 1 is 1.14 bits per heavy atom. The number of hydrogen-bond donors (Lipinski definition) is 0. The standard InChI is InChI=1S/C21H35N5O2/c1-17-19(14-23(2)22-17)15-24-8-5-20(6-9-24)26-7-3-4-18(16-26)21(27)25-10-12-28-13-11-25/h14,18,20H,3-13,15-16H2,1-2H3. The molecule has 0 radical (unpaired) electrons. The van der Waals surface area contributed by atoms with Crippen molar-refractivity contribution < 1.29 is 9.53 Å². The largest absolute Gasteiger partial charge is 0.378 e. The average molecular weight is 390 g/mol. The molecule has 3 saturated heterocycles. The third kappa shape index (κ3) is 4.58. The maximum absolute atomic E-state index is 12.9. The molecule has 7 heteroatoms. The van der Waals surface area contributed by atoms with Gasteiger partial charge in [-0.2, -0.15) is 5.10 Å². The summed E-state index contributed by atoms with van der Waals surface area (Å²) in [5, 5.41) is 4.47. The van der Waals surface area contributed by atoms with Gasteiger partial charge in [-0.05, 0) is 52.2 Å². The van der Waals surface area contributed by atoms with Gasteiger partial charge >= 0.3 is 0 Å². The van der Waals surface area contributed by atoms with Gasteiger partial charge in [0.15, 0.2) is 0 Å². The van der Waals surface area contributed by atoms with Crippen molar-refractivity contribution in [2.45, 2.75) is 45.2 Å². The number of piperidine rings is 2. The highest BCUT2D eigenvalue weighted by molar-refractivity contribution is 5.79. The van der Waals surface area contributed by atoms with Gasteiger partial charge in [-0.25, -0.2) is 0 Å². The maximum Gasteiger partial charge on any atom is 0.227 e. The molecule has 3 fully saturated rings. The van der Waals surface area contributed by atoms with Crippen molar-refractivity contribution in [3.8, 4) is 0 Å². The minimum Gasteiger partial charge on any atom is -0.378 e. The predicted octanol–water partition coefficient (Wildman–Crippen LogP) is 1.26. The predicted molar refractivity (Wildman–Crippen MR) is 108 cm³/mol. The van der Waals surface area contributed by atoms with Crippen molar-refractivity contribution in [3.63, 3.8) is 0 Å². The lowest BCUT2D eigenvalue weighted by molar-refractivity contribution is -0.142. The van der Waals surface area contributed by atoms with Crippen LogP contribution in [0, 0.1) is 12.8 Å². The van der Waals surface area contributed by atoms with Crippen LogP contribution in [0.25, 0.3) is 0 Å². The summed E-state index contributed by atoms with van der Waals surface area (Å²) in [4.78, 5) is 20.1. The molecule has 3 aliphatic heterocycles. The Kier molecular flexibility index (Phi) is 6.33. The first-order chi connectivity index (χ1) is 13.6. The summed E-state index contributed by atoms with van der Waals surface area (Å²) in [5.41, 5.74) is 2.49. The first-order valence-electron chi connectivity index (χ1n) is 10.9. The number of ether oxygens (including phenoxy) is 1. The molecule has 0 N–H and O–H groups in total. The number of nitrogens with zero attached hydrogens (tertiary/aromatic N) is 5. The summed E-state index contributed by atoms with van der Waals surface area (Å²) in [5.74, 6) is 0.542. The van der Waals surface area contributed by atoms with Crippen LogP contribution in [0.1, 0.15) is 36.9 Å². The molecular formula is C21H35N5O2. The van der Waals surface area contributed by atoms with Crippen LogP contribution in [0.15, 0.2) is 6.20 Å². The van der Waals surface area contributed by atoms with Crippen LogP contribution < -0.4 is 0 Å². The number of aryl methyl sites for hydroxylation is 2. The zero-order chi connectivity index (χ0) is 19.5. The molecule has 0 bridgehead atoms. The van der Waals surface area contributed by atoms with Crippen molar-refractivity contribution >= 4 is 5.91 Å². The van der Waals surface area contributed by atoms with Crippen LogP contribution >= 0.6 is 0 Å². The van der Waals surface area contributed by atoms with Crippen LogP contribution in [0.4, 0.5) is 0 Å². The van der Waals surface area contributed by atoms with E-state index in [1.807, 2.05) is 16.6 Å². The third-order valence-electron chi connectivity index (χ3n) is 6.71.